The fraction of sp³-hybridized carbons (Fsp3) is 0.538. The summed E-state index contributed by atoms with van der Waals surface area (Å²) < 4.78 is 47.6. The Bertz CT molecular complexity index is 382. The Morgan fingerprint density at radius 2 is 2.05 bits per heavy atom. The molecule has 0 aliphatic rings. The van der Waals surface area contributed by atoms with Gasteiger partial charge in [-0.1, -0.05) is 6.07 Å². The van der Waals surface area contributed by atoms with E-state index in [2.05, 4.69) is 5.32 Å². The quantitative estimate of drug-likeness (QED) is 0.777. The topological polar surface area (TPSA) is 30.5 Å². The molecule has 0 saturated heterocycles. The molecule has 0 fully saturated rings. The lowest BCUT2D eigenvalue weighted by Crippen LogP contribution is -2.33. The second-order valence-corrected chi connectivity index (χ2v) is 4.18. The number of rotatable bonds is 7. The molecule has 0 spiro atoms. The highest BCUT2D eigenvalue weighted by atomic mass is 19.4. The molecule has 1 aromatic rings. The Hall–Kier alpha value is -1.27. The van der Waals surface area contributed by atoms with Crippen LogP contribution in [0.3, 0.4) is 0 Å². The van der Waals surface area contributed by atoms with Crippen LogP contribution >= 0.6 is 0 Å². The van der Waals surface area contributed by atoms with Crippen molar-refractivity contribution in [3.8, 4) is 5.75 Å². The summed E-state index contributed by atoms with van der Waals surface area (Å²) in [5.41, 5.74) is -0.703. The third kappa shape index (κ3) is 5.94. The summed E-state index contributed by atoms with van der Waals surface area (Å²) >= 11 is 0. The van der Waals surface area contributed by atoms with E-state index >= 15 is 0 Å². The van der Waals surface area contributed by atoms with Gasteiger partial charge in [0.25, 0.3) is 0 Å². The van der Waals surface area contributed by atoms with E-state index < -0.39 is 11.7 Å². The predicted molar refractivity (Wildman–Crippen MR) is 66.3 cm³/mol. The van der Waals surface area contributed by atoms with Gasteiger partial charge in [0.05, 0.1) is 12.2 Å². The second kappa shape index (κ2) is 7.35. The van der Waals surface area contributed by atoms with Gasteiger partial charge in [0.15, 0.2) is 0 Å². The first-order chi connectivity index (χ1) is 8.93. The average Bonchev–Trinajstić information content (AvgIpc) is 2.34. The number of halogens is 3. The molecule has 0 aliphatic heterocycles. The fourth-order valence-electron chi connectivity index (χ4n) is 1.55. The van der Waals surface area contributed by atoms with Crippen molar-refractivity contribution in [2.24, 2.45) is 0 Å². The molecule has 0 aromatic heterocycles. The lowest BCUT2D eigenvalue weighted by atomic mass is 10.2. The minimum Gasteiger partial charge on any atom is -0.492 e. The molecular weight excluding hydrogens is 259 g/mol. The Balaban J connectivity index is 2.38. The Kier molecular flexibility index (Phi) is 6.11. The molecule has 0 saturated carbocycles. The van der Waals surface area contributed by atoms with E-state index in [1.165, 1.54) is 12.1 Å². The summed E-state index contributed by atoms with van der Waals surface area (Å²) in [4.78, 5) is 0. The monoisotopic (exact) mass is 277 g/mol. The zero-order chi connectivity index (χ0) is 14.3. The molecule has 1 unspecified atom stereocenters. The van der Waals surface area contributed by atoms with Crippen LogP contribution in [0.4, 0.5) is 13.2 Å². The summed E-state index contributed by atoms with van der Waals surface area (Å²) in [5, 5.41) is 3.13. The van der Waals surface area contributed by atoms with E-state index in [1.54, 1.807) is 7.11 Å². The van der Waals surface area contributed by atoms with Gasteiger partial charge in [0.2, 0.25) is 0 Å². The number of alkyl halides is 3. The first-order valence-corrected chi connectivity index (χ1v) is 5.96. The van der Waals surface area contributed by atoms with Gasteiger partial charge in [-0.05, 0) is 25.1 Å². The number of methoxy groups -OCH3 is 1. The SMILES string of the molecule is COCC(C)NCCOc1cccc(C(F)(F)F)c1. The number of nitrogens with one attached hydrogen (secondary N) is 1. The predicted octanol–water partition coefficient (Wildman–Crippen LogP) is 2.71. The maximum absolute atomic E-state index is 12.5. The average molecular weight is 277 g/mol. The zero-order valence-corrected chi connectivity index (χ0v) is 11.0. The second-order valence-electron chi connectivity index (χ2n) is 4.18. The smallest absolute Gasteiger partial charge is 0.416 e. The van der Waals surface area contributed by atoms with Crippen molar-refractivity contribution in [1.82, 2.24) is 5.32 Å². The van der Waals surface area contributed by atoms with E-state index in [-0.39, 0.29) is 11.8 Å². The van der Waals surface area contributed by atoms with Crippen molar-refractivity contribution in [1.29, 1.82) is 0 Å². The molecular formula is C13H18F3NO2. The summed E-state index contributed by atoms with van der Waals surface area (Å²) in [6.07, 6.45) is -4.34. The molecule has 1 aromatic carbocycles. The van der Waals surface area contributed by atoms with Crippen LogP contribution in [-0.4, -0.2) is 32.9 Å². The van der Waals surface area contributed by atoms with Crippen LogP contribution < -0.4 is 10.1 Å². The minimum atomic E-state index is -4.34. The molecule has 0 amide bonds. The summed E-state index contributed by atoms with van der Waals surface area (Å²) in [7, 11) is 1.61. The summed E-state index contributed by atoms with van der Waals surface area (Å²) in [6, 6.07) is 5.03. The molecule has 3 nitrogen and oxygen atoms in total. The molecule has 0 bridgehead atoms. The molecule has 0 radical (unpaired) electrons. The third-order valence-corrected chi connectivity index (χ3v) is 2.44. The molecule has 6 heteroatoms. The number of benzene rings is 1. The molecule has 0 aliphatic carbocycles. The van der Waals surface area contributed by atoms with Gasteiger partial charge in [-0.15, -0.1) is 0 Å². The van der Waals surface area contributed by atoms with Crippen molar-refractivity contribution < 1.29 is 22.6 Å². The van der Waals surface area contributed by atoms with Crippen LogP contribution in [0.1, 0.15) is 12.5 Å². The van der Waals surface area contributed by atoms with E-state index in [0.29, 0.717) is 19.8 Å². The Morgan fingerprint density at radius 1 is 1.32 bits per heavy atom. The Morgan fingerprint density at radius 3 is 2.68 bits per heavy atom. The minimum absolute atomic E-state index is 0.176. The van der Waals surface area contributed by atoms with Gasteiger partial charge in [-0.25, -0.2) is 0 Å². The fourth-order valence-corrected chi connectivity index (χ4v) is 1.55. The highest BCUT2D eigenvalue weighted by Gasteiger charge is 2.30. The molecule has 1 rings (SSSR count). The van der Waals surface area contributed by atoms with Crippen molar-refractivity contribution in [3.63, 3.8) is 0 Å². The van der Waals surface area contributed by atoms with Gasteiger partial charge >= 0.3 is 6.18 Å². The van der Waals surface area contributed by atoms with Crippen molar-refractivity contribution in [3.05, 3.63) is 29.8 Å². The standard InChI is InChI=1S/C13H18F3NO2/c1-10(9-18-2)17-6-7-19-12-5-3-4-11(8-12)13(14,15)16/h3-5,8,10,17H,6-7,9H2,1-2H3. The van der Waals surface area contributed by atoms with Crippen molar-refractivity contribution in [2.45, 2.75) is 19.1 Å². The highest BCUT2D eigenvalue weighted by Crippen LogP contribution is 2.31. The van der Waals surface area contributed by atoms with Crippen LogP contribution in [0.5, 0.6) is 5.75 Å². The van der Waals surface area contributed by atoms with Gasteiger partial charge < -0.3 is 14.8 Å². The molecule has 19 heavy (non-hydrogen) atoms. The third-order valence-electron chi connectivity index (χ3n) is 2.44. The summed E-state index contributed by atoms with van der Waals surface area (Å²) in [6.45, 7) is 3.37. The van der Waals surface area contributed by atoms with Gasteiger partial charge in [-0.2, -0.15) is 13.2 Å². The number of hydrogen-bond donors (Lipinski definition) is 1. The normalized spacial score (nSPS) is 13.3. The van der Waals surface area contributed by atoms with Gasteiger partial charge in [0.1, 0.15) is 12.4 Å². The first-order valence-electron chi connectivity index (χ1n) is 5.96. The van der Waals surface area contributed by atoms with E-state index in [4.69, 9.17) is 9.47 Å². The lowest BCUT2D eigenvalue weighted by molar-refractivity contribution is -0.137. The van der Waals surface area contributed by atoms with Crippen molar-refractivity contribution in [2.75, 3.05) is 26.9 Å². The maximum atomic E-state index is 12.5. The van der Waals surface area contributed by atoms with Gasteiger partial charge in [0, 0.05) is 19.7 Å². The van der Waals surface area contributed by atoms with Gasteiger partial charge in [-0.3, -0.25) is 0 Å². The number of ether oxygens (including phenoxy) is 2. The Labute approximate surface area is 110 Å². The van der Waals surface area contributed by atoms with E-state index in [0.717, 1.165) is 12.1 Å². The number of hydrogen-bond acceptors (Lipinski definition) is 3. The van der Waals surface area contributed by atoms with E-state index in [1.807, 2.05) is 6.92 Å². The van der Waals surface area contributed by atoms with Crippen molar-refractivity contribution >= 4 is 0 Å². The largest absolute Gasteiger partial charge is 0.492 e. The molecule has 1 atom stereocenters. The van der Waals surface area contributed by atoms with Crippen LogP contribution in [0.2, 0.25) is 0 Å². The zero-order valence-electron chi connectivity index (χ0n) is 11.0. The molecule has 1 N–H and O–H groups in total. The van der Waals surface area contributed by atoms with Crippen LogP contribution in [0, 0.1) is 0 Å². The lowest BCUT2D eigenvalue weighted by Gasteiger charge is -2.13. The van der Waals surface area contributed by atoms with E-state index in [9.17, 15) is 13.2 Å². The highest BCUT2D eigenvalue weighted by molar-refractivity contribution is 5.30. The van der Waals surface area contributed by atoms with Crippen LogP contribution in [-0.2, 0) is 10.9 Å². The van der Waals surface area contributed by atoms with Crippen LogP contribution in [0.25, 0.3) is 0 Å². The first kappa shape index (κ1) is 15.8. The molecule has 0 heterocycles. The summed E-state index contributed by atoms with van der Waals surface area (Å²) in [5.74, 6) is 0.219. The molecule has 108 valence electrons. The van der Waals surface area contributed by atoms with Crippen LogP contribution in [0.15, 0.2) is 24.3 Å². The maximum Gasteiger partial charge on any atom is 0.416 e.